The molecule has 0 saturated carbocycles. The molecule has 0 saturated heterocycles. The van der Waals surface area contributed by atoms with Gasteiger partial charge in [0.2, 0.25) is 0 Å². The molecular weight excluding hydrogens is 237 g/mol. The van der Waals surface area contributed by atoms with Crippen LogP contribution in [0.3, 0.4) is 0 Å². The number of aromatic nitrogens is 2. The lowest BCUT2D eigenvalue weighted by molar-refractivity contribution is 0.622. The molecule has 2 rings (SSSR count). The maximum atomic E-state index is 13.0. The summed E-state index contributed by atoms with van der Waals surface area (Å²) in [5.41, 5.74) is 7.34. The lowest BCUT2D eigenvalue weighted by atomic mass is 10.2. The van der Waals surface area contributed by atoms with E-state index in [1.165, 1.54) is 12.3 Å². The molecule has 0 aliphatic heterocycles. The Labute approximate surface area is 104 Å². The lowest BCUT2D eigenvalue weighted by Crippen LogP contribution is -2.21. The average molecular weight is 251 g/mol. The van der Waals surface area contributed by atoms with Crippen molar-refractivity contribution in [3.63, 3.8) is 0 Å². The van der Waals surface area contributed by atoms with Crippen molar-refractivity contribution in [2.75, 3.05) is 0 Å². The number of hydrogen-bond donors (Lipinski definition) is 1. The van der Waals surface area contributed by atoms with Gasteiger partial charge in [-0.05, 0) is 12.5 Å². The molecule has 0 radical (unpaired) electrons. The van der Waals surface area contributed by atoms with Crippen LogP contribution in [0.2, 0.25) is 0 Å². The van der Waals surface area contributed by atoms with E-state index in [1.54, 1.807) is 17.5 Å². The Bertz CT molecular complexity index is 498. The van der Waals surface area contributed by atoms with Crippen molar-refractivity contribution in [1.29, 1.82) is 0 Å². The third kappa shape index (κ3) is 3.08. The van der Waals surface area contributed by atoms with Gasteiger partial charge in [-0.3, -0.25) is 4.98 Å². The normalized spacial score (nSPS) is 12.6. The minimum absolute atomic E-state index is 0.139. The van der Waals surface area contributed by atoms with Gasteiger partial charge in [0.05, 0.1) is 16.9 Å². The minimum atomic E-state index is -0.345. The molecule has 2 heterocycles. The quantitative estimate of drug-likeness (QED) is 0.908. The highest BCUT2D eigenvalue weighted by molar-refractivity contribution is 7.09. The standard InChI is InChI=1S/C12H14FN3S/c1-2-10(14)4-12-16-11(7-17-12)8-3-9(13)6-15-5-8/h3,5-7,10H,2,4,14H2,1H3. The predicted molar refractivity (Wildman–Crippen MR) is 67.3 cm³/mol. The summed E-state index contributed by atoms with van der Waals surface area (Å²) < 4.78 is 13.0. The SMILES string of the molecule is CCC(N)Cc1nc(-c2cncc(F)c2)cs1. The summed E-state index contributed by atoms with van der Waals surface area (Å²) >= 11 is 1.55. The van der Waals surface area contributed by atoms with Crippen LogP contribution in [0, 0.1) is 5.82 Å². The highest BCUT2D eigenvalue weighted by Gasteiger charge is 2.08. The summed E-state index contributed by atoms with van der Waals surface area (Å²) in [6.07, 6.45) is 4.49. The van der Waals surface area contributed by atoms with Gasteiger partial charge >= 0.3 is 0 Å². The zero-order chi connectivity index (χ0) is 12.3. The van der Waals surface area contributed by atoms with E-state index in [9.17, 15) is 4.39 Å². The van der Waals surface area contributed by atoms with Crippen LogP contribution in [0.15, 0.2) is 23.8 Å². The summed E-state index contributed by atoms with van der Waals surface area (Å²) in [7, 11) is 0. The first-order valence-corrected chi connectivity index (χ1v) is 6.38. The number of thiazole rings is 1. The molecule has 0 spiro atoms. The number of pyridine rings is 1. The minimum Gasteiger partial charge on any atom is -0.327 e. The van der Waals surface area contributed by atoms with Gasteiger partial charge in [0.1, 0.15) is 5.82 Å². The van der Waals surface area contributed by atoms with E-state index in [4.69, 9.17) is 5.73 Å². The van der Waals surface area contributed by atoms with E-state index >= 15 is 0 Å². The van der Waals surface area contributed by atoms with Gasteiger partial charge in [-0.25, -0.2) is 9.37 Å². The monoisotopic (exact) mass is 251 g/mol. The fraction of sp³-hybridized carbons (Fsp3) is 0.333. The third-order valence-corrected chi connectivity index (χ3v) is 3.38. The Balaban J connectivity index is 2.18. The van der Waals surface area contributed by atoms with Crippen LogP contribution in [-0.2, 0) is 6.42 Å². The van der Waals surface area contributed by atoms with Crippen LogP contribution < -0.4 is 5.73 Å². The van der Waals surface area contributed by atoms with Crippen molar-refractivity contribution in [2.24, 2.45) is 5.73 Å². The molecule has 0 bridgehead atoms. The number of halogens is 1. The predicted octanol–water partition coefficient (Wildman–Crippen LogP) is 2.62. The molecule has 0 aromatic carbocycles. The van der Waals surface area contributed by atoms with E-state index in [-0.39, 0.29) is 11.9 Å². The van der Waals surface area contributed by atoms with Crippen molar-refractivity contribution < 1.29 is 4.39 Å². The zero-order valence-corrected chi connectivity index (χ0v) is 10.4. The highest BCUT2D eigenvalue weighted by atomic mass is 32.1. The van der Waals surface area contributed by atoms with E-state index in [1.807, 2.05) is 5.38 Å². The molecule has 0 amide bonds. The summed E-state index contributed by atoms with van der Waals surface area (Å²) in [4.78, 5) is 8.25. The summed E-state index contributed by atoms with van der Waals surface area (Å²) in [6.45, 7) is 2.05. The van der Waals surface area contributed by atoms with Crippen LogP contribution in [0.4, 0.5) is 4.39 Å². The smallest absolute Gasteiger partial charge is 0.142 e. The molecule has 0 fully saturated rings. The van der Waals surface area contributed by atoms with Crippen molar-refractivity contribution in [1.82, 2.24) is 9.97 Å². The summed E-state index contributed by atoms with van der Waals surface area (Å²) in [6, 6.07) is 1.57. The Hall–Kier alpha value is -1.33. The molecule has 90 valence electrons. The fourth-order valence-electron chi connectivity index (χ4n) is 1.46. The first kappa shape index (κ1) is 12.1. The first-order chi connectivity index (χ1) is 8.19. The van der Waals surface area contributed by atoms with Crippen LogP contribution >= 0.6 is 11.3 Å². The average Bonchev–Trinajstić information content (AvgIpc) is 2.77. The molecule has 17 heavy (non-hydrogen) atoms. The third-order valence-electron chi connectivity index (χ3n) is 2.51. The topological polar surface area (TPSA) is 51.8 Å². The highest BCUT2D eigenvalue weighted by Crippen LogP contribution is 2.22. The number of nitrogens with zero attached hydrogens (tertiary/aromatic N) is 2. The Kier molecular flexibility index (Phi) is 3.81. The van der Waals surface area contributed by atoms with Gasteiger partial charge in [-0.2, -0.15) is 0 Å². The van der Waals surface area contributed by atoms with Crippen LogP contribution in [-0.4, -0.2) is 16.0 Å². The molecule has 1 unspecified atom stereocenters. The molecule has 5 heteroatoms. The van der Waals surface area contributed by atoms with Gasteiger partial charge in [0.25, 0.3) is 0 Å². The molecular formula is C12H14FN3S. The van der Waals surface area contributed by atoms with E-state index in [0.29, 0.717) is 5.56 Å². The van der Waals surface area contributed by atoms with Gasteiger partial charge in [0, 0.05) is 29.6 Å². The maximum absolute atomic E-state index is 13.0. The molecule has 0 aliphatic rings. The number of hydrogen-bond acceptors (Lipinski definition) is 4. The van der Waals surface area contributed by atoms with E-state index in [2.05, 4.69) is 16.9 Å². The second kappa shape index (κ2) is 5.33. The zero-order valence-electron chi connectivity index (χ0n) is 9.56. The van der Waals surface area contributed by atoms with Crippen molar-refractivity contribution in [3.8, 4) is 11.3 Å². The van der Waals surface area contributed by atoms with E-state index in [0.717, 1.165) is 23.5 Å². The molecule has 2 N–H and O–H groups in total. The fourth-order valence-corrected chi connectivity index (χ4v) is 2.36. The molecule has 2 aromatic rings. The largest absolute Gasteiger partial charge is 0.327 e. The maximum Gasteiger partial charge on any atom is 0.142 e. The summed E-state index contributed by atoms with van der Waals surface area (Å²) in [5, 5.41) is 2.90. The van der Waals surface area contributed by atoms with Crippen LogP contribution in [0.5, 0.6) is 0 Å². The lowest BCUT2D eigenvalue weighted by Gasteiger charge is -2.04. The Morgan fingerprint density at radius 1 is 1.47 bits per heavy atom. The van der Waals surface area contributed by atoms with Crippen LogP contribution in [0.1, 0.15) is 18.4 Å². The second-order valence-electron chi connectivity index (χ2n) is 3.89. The Morgan fingerprint density at radius 2 is 2.29 bits per heavy atom. The van der Waals surface area contributed by atoms with E-state index < -0.39 is 0 Å². The van der Waals surface area contributed by atoms with Gasteiger partial charge in [0.15, 0.2) is 0 Å². The number of rotatable bonds is 4. The molecule has 1 atom stereocenters. The van der Waals surface area contributed by atoms with Gasteiger partial charge in [-0.1, -0.05) is 6.92 Å². The van der Waals surface area contributed by atoms with Crippen LogP contribution in [0.25, 0.3) is 11.3 Å². The van der Waals surface area contributed by atoms with Crippen molar-refractivity contribution >= 4 is 11.3 Å². The summed E-state index contributed by atoms with van der Waals surface area (Å²) in [5.74, 6) is -0.345. The molecule has 2 aromatic heterocycles. The van der Waals surface area contributed by atoms with Crippen molar-refractivity contribution in [2.45, 2.75) is 25.8 Å². The van der Waals surface area contributed by atoms with Crippen molar-refractivity contribution in [3.05, 3.63) is 34.7 Å². The second-order valence-corrected chi connectivity index (χ2v) is 4.83. The van der Waals surface area contributed by atoms with Gasteiger partial charge in [-0.15, -0.1) is 11.3 Å². The Morgan fingerprint density at radius 3 is 3.00 bits per heavy atom. The first-order valence-electron chi connectivity index (χ1n) is 5.50. The van der Waals surface area contributed by atoms with Gasteiger partial charge < -0.3 is 5.73 Å². The molecule has 3 nitrogen and oxygen atoms in total. The number of nitrogens with two attached hydrogens (primary N) is 1. The molecule has 0 aliphatic carbocycles.